The van der Waals surface area contributed by atoms with Crippen molar-refractivity contribution in [1.82, 2.24) is 14.9 Å². The highest BCUT2D eigenvalue weighted by molar-refractivity contribution is 9.10. The number of rotatable bonds is 2. The van der Waals surface area contributed by atoms with Crippen LogP contribution in [-0.4, -0.2) is 33.0 Å². The van der Waals surface area contributed by atoms with Gasteiger partial charge in [-0.15, -0.1) is 10.2 Å². The van der Waals surface area contributed by atoms with E-state index in [1.807, 2.05) is 25.1 Å². The molecule has 1 aromatic carbocycles. The van der Waals surface area contributed by atoms with Gasteiger partial charge in [-0.1, -0.05) is 15.9 Å². The Balaban J connectivity index is 2.17. The van der Waals surface area contributed by atoms with Crippen LogP contribution >= 0.6 is 15.9 Å². The van der Waals surface area contributed by atoms with Gasteiger partial charge in [-0.05, 0) is 25.1 Å². The fraction of sp³-hybridized carbons (Fsp3) is 0.167. The summed E-state index contributed by atoms with van der Waals surface area (Å²) in [5.74, 6) is -0.107. The number of nitrogens with zero attached hydrogens (tertiary/aromatic N) is 5. The number of carbonyl (C=O) groups is 1. The Morgan fingerprint density at radius 3 is 2.74 bits per heavy atom. The Hall–Kier alpha value is -2.02. The molecule has 0 saturated heterocycles. The molecule has 0 bridgehead atoms. The summed E-state index contributed by atoms with van der Waals surface area (Å²) in [6, 6.07) is 5.72. The van der Waals surface area contributed by atoms with Crippen LogP contribution in [0, 0.1) is 0 Å². The summed E-state index contributed by atoms with van der Waals surface area (Å²) >= 11 is 3.42. The second kappa shape index (κ2) is 4.58. The predicted molar refractivity (Wildman–Crippen MR) is 74.1 cm³/mol. The molecule has 0 fully saturated rings. The number of fused-ring (bicyclic) bond motifs is 1. The quantitative estimate of drug-likeness (QED) is 0.845. The second-order valence-electron chi connectivity index (χ2n) is 4.00. The Morgan fingerprint density at radius 2 is 2.05 bits per heavy atom. The van der Waals surface area contributed by atoms with Crippen molar-refractivity contribution in [2.24, 2.45) is 5.10 Å². The molecule has 1 aliphatic rings. The Labute approximate surface area is 117 Å². The van der Waals surface area contributed by atoms with E-state index in [9.17, 15) is 4.79 Å². The molecule has 0 unspecified atom stereocenters. The largest absolute Gasteiger partial charge is 0.307 e. The number of hydrogen-bond donors (Lipinski definition) is 0. The summed E-state index contributed by atoms with van der Waals surface area (Å²) in [5.41, 5.74) is 2.09. The lowest BCUT2D eigenvalue weighted by molar-refractivity contribution is -0.112. The average molecular weight is 320 g/mol. The van der Waals surface area contributed by atoms with Crippen molar-refractivity contribution in [3.05, 3.63) is 40.9 Å². The van der Waals surface area contributed by atoms with Crippen molar-refractivity contribution in [3.63, 3.8) is 0 Å². The van der Waals surface area contributed by atoms with Crippen molar-refractivity contribution in [1.29, 1.82) is 0 Å². The number of likely N-dealkylation sites (N-methyl/N-ethyl adjacent to an activating group) is 1. The zero-order chi connectivity index (χ0) is 13.4. The fourth-order valence-electron chi connectivity index (χ4n) is 2.06. The zero-order valence-corrected chi connectivity index (χ0v) is 11.7. The number of anilines is 1. The van der Waals surface area contributed by atoms with E-state index in [0.29, 0.717) is 12.3 Å². The molecule has 0 saturated carbocycles. The maximum absolute atomic E-state index is 12.4. The Bertz CT molecular complexity index is 665. The van der Waals surface area contributed by atoms with E-state index < -0.39 is 0 Å². The van der Waals surface area contributed by atoms with Gasteiger partial charge in [-0.25, -0.2) is 4.68 Å². The maximum Gasteiger partial charge on any atom is 0.279 e. The summed E-state index contributed by atoms with van der Waals surface area (Å²) in [7, 11) is 0. The minimum absolute atomic E-state index is 0.107. The van der Waals surface area contributed by atoms with Gasteiger partial charge in [-0.2, -0.15) is 5.10 Å². The van der Waals surface area contributed by atoms with Crippen LogP contribution in [0.5, 0.6) is 0 Å². The number of benzene rings is 1. The van der Waals surface area contributed by atoms with Gasteiger partial charge in [-0.3, -0.25) is 4.79 Å². The summed E-state index contributed by atoms with van der Waals surface area (Å²) < 4.78 is 2.34. The lowest BCUT2D eigenvalue weighted by Crippen LogP contribution is -2.30. The molecule has 19 heavy (non-hydrogen) atoms. The number of aromatic nitrogens is 3. The van der Waals surface area contributed by atoms with Crippen LogP contribution in [-0.2, 0) is 4.79 Å². The lowest BCUT2D eigenvalue weighted by Gasteiger charge is -2.13. The molecule has 3 rings (SSSR count). The van der Waals surface area contributed by atoms with Crippen molar-refractivity contribution < 1.29 is 4.79 Å². The summed E-state index contributed by atoms with van der Waals surface area (Å²) in [6.45, 7) is 2.54. The lowest BCUT2D eigenvalue weighted by atomic mass is 10.1. The van der Waals surface area contributed by atoms with Crippen LogP contribution in [0.1, 0.15) is 12.5 Å². The normalized spacial score (nSPS) is 16.2. The molecular weight excluding hydrogens is 310 g/mol. The third-order valence-electron chi connectivity index (χ3n) is 2.89. The van der Waals surface area contributed by atoms with E-state index in [1.54, 1.807) is 4.90 Å². The van der Waals surface area contributed by atoms with Gasteiger partial charge in [0.1, 0.15) is 12.7 Å². The first-order chi connectivity index (χ1) is 9.20. The van der Waals surface area contributed by atoms with Gasteiger partial charge in [0, 0.05) is 16.6 Å². The maximum atomic E-state index is 12.4. The van der Waals surface area contributed by atoms with E-state index in [0.717, 1.165) is 15.7 Å². The molecule has 0 spiro atoms. The highest BCUT2D eigenvalue weighted by atomic mass is 79.9. The summed E-state index contributed by atoms with van der Waals surface area (Å²) in [6.07, 6.45) is 2.90. The number of halogens is 1. The summed E-state index contributed by atoms with van der Waals surface area (Å²) in [5, 5.41) is 11.6. The first-order valence-corrected chi connectivity index (χ1v) is 6.55. The van der Waals surface area contributed by atoms with Crippen molar-refractivity contribution in [2.45, 2.75) is 6.92 Å². The number of amides is 1. The van der Waals surface area contributed by atoms with Crippen LogP contribution in [0.3, 0.4) is 0 Å². The second-order valence-corrected chi connectivity index (χ2v) is 4.92. The average Bonchev–Trinajstić information content (AvgIpc) is 2.98. The standard InChI is InChI=1S/C12H10BrN5O/c1-2-18-10-4-3-8(13)5-9(10)11(12(18)19)16-17-6-14-15-7-17/h3-7H,2H2,1H3. The van der Waals surface area contributed by atoms with Gasteiger partial charge in [0.2, 0.25) is 0 Å². The highest BCUT2D eigenvalue weighted by Gasteiger charge is 2.33. The molecule has 2 heterocycles. The van der Waals surface area contributed by atoms with Crippen LogP contribution in [0.2, 0.25) is 0 Å². The third-order valence-corrected chi connectivity index (χ3v) is 3.38. The third kappa shape index (κ3) is 1.95. The highest BCUT2D eigenvalue weighted by Crippen LogP contribution is 2.31. The van der Waals surface area contributed by atoms with Gasteiger partial charge < -0.3 is 4.90 Å². The van der Waals surface area contributed by atoms with Crippen molar-refractivity contribution in [3.8, 4) is 0 Å². The Kier molecular flexibility index (Phi) is 2.90. The smallest absolute Gasteiger partial charge is 0.279 e. The molecule has 0 radical (unpaired) electrons. The van der Waals surface area contributed by atoms with Crippen molar-refractivity contribution in [2.75, 3.05) is 11.4 Å². The van der Waals surface area contributed by atoms with E-state index in [4.69, 9.17) is 0 Å². The molecule has 0 atom stereocenters. The van der Waals surface area contributed by atoms with Crippen LogP contribution in [0.4, 0.5) is 5.69 Å². The van der Waals surface area contributed by atoms with E-state index in [2.05, 4.69) is 31.2 Å². The molecule has 1 amide bonds. The summed E-state index contributed by atoms with van der Waals surface area (Å²) in [4.78, 5) is 14.1. The monoisotopic (exact) mass is 319 g/mol. The molecule has 6 nitrogen and oxygen atoms in total. The molecular formula is C12H10BrN5O. The molecule has 1 aromatic heterocycles. The van der Waals surface area contributed by atoms with Crippen LogP contribution in [0.15, 0.2) is 40.4 Å². The molecule has 2 aromatic rings. The van der Waals surface area contributed by atoms with Crippen LogP contribution in [0.25, 0.3) is 0 Å². The van der Waals surface area contributed by atoms with Crippen molar-refractivity contribution >= 4 is 33.2 Å². The van der Waals surface area contributed by atoms with E-state index in [-0.39, 0.29) is 5.91 Å². The molecule has 96 valence electrons. The minimum Gasteiger partial charge on any atom is -0.307 e. The Morgan fingerprint density at radius 1 is 1.32 bits per heavy atom. The first kappa shape index (κ1) is 12.0. The van der Waals surface area contributed by atoms with Gasteiger partial charge >= 0.3 is 0 Å². The van der Waals surface area contributed by atoms with Gasteiger partial charge in [0.15, 0.2) is 5.71 Å². The molecule has 7 heteroatoms. The van der Waals surface area contributed by atoms with Crippen LogP contribution < -0.4 is 4.90 Å². The SMILES string of the molecule is CCN1C(=O)C(=Nn2cnnc2)c2cc(Br)ccc21. The minimum atomic E-state index is -0.107. The zero-order valence-electron chi connectivity index (χ0n) is 10.1. The molecule has 0 N–H and O–H groups in total. The topological polar surface area (TPSA) is 63.4 Å². The number of hydrogen-bond acceptors (Lipinski definition) is 4. The number of carbonyl (C=O) groups excluding carboxylic acids is 1. The molecule has 1 aliphatic heterocycles. The van der Waals surface area contributed by atoms with E-state index >= 15 is 0 Å². The van der Waals surface area contributed by atoms with Gasteiger partial charge in [0.05, 0.1) is 5.69 Å². The van der Waals surface area contributed by atoms with E-state index in [1.165, 1.54) is 17.3 Å². The molecule has 0 aliphatic carbocycles. The fourth-order valence-corrected chi connectivity index (χ4v) is 2.42. The first-order valence-electron chi connectivity index (χ1n) is 5.76. The predicted octanol–water partition coefficient (Wildman–Crippen LogP) is 1.66. The van der Waals surface area contributed by atoms with Gasteiger partial charge in [0.25, 0.3) is 5.91 Å².